The predicted molar refractivity (Wildman–Crippen MR) is 73.2 cm³/mol. The summed E-state index contributed by atoms with van der Waals surface area (Å²) in [5.41, 5.74) is 6.48. The van der Waals surface area contributed by atoms with Crippen molar-refractivity contribution >= 4 is 0 Å². The van der Waals surface area contributed by atoms with Crippen LogP contribution < -0.4 is 5.73 Å². The number of likely N-dealkylation sites (tertiary alicyclic amines) is 2. The van der Waals surface area contributed by atoms with E-state index in [1.165, 1.54) is 58.3 Å². The Morgan fingerprint density at radius 2 is 2.00 bits per heavy atom. The third-order valence-electron chi connectivity index (χ3n) is 5.00. The molecule has 2 rings (SSSR count). The van der Waals surface area contributed by atoms with E-state index in [0.717, 1.165) is 12.6 Å². The molecule has 0 aromatic heterocycles. The monoisotopic (exact) mass is 239 g/mol. The Morgan fingerprint density at radius 1 is 1.18 bits per heavy atom. The maximum Gasteiger partial charge on any atom is 0.0347 e. The molecule has 2 aliphatic rings. The smallest absolute Gasteiger partial charge is 0.0347 e. The number of hydrogen-bond donors (Lipinski definition) is 1. The van der Waals surface area contributed by atoms with Crippen LogP contribution in [0.5, 0.6) is 0 Å². The van der Waals surface area contributed by atoms with Crippen LogP contribution in [0.2, 0.25) is 0 Å². The fourth-order valence-electron chi connectivity index (χ4n) is 3.80. The zero-order chi connectivity index (χ0) is 12.3. The molecule has 3 nitrogen and oxygen atoms in total. The van der Waals surface area contributed by atoms with Crippen molar-refractivity contribution in [3.05, 3.63) is 0 Å². The van der Waals surface area contributed by atoms with Crippen molar-refractivity contribution in [2.75, 3.05) is 32.7 Å². The van der Waals surface area contributed by atoms with E-state index in [4.69, 9.17) is 5.73 Å². The molecule has 0 saturated carbocycles. The van der Waals surface area contributed by atoms with Crippen LogP contribution in [0.15, 0.2) is 0 Å². The first kappa shape index (κ1) is 13.3. The Hall–Kier alpha value is -0.120. The molecule has 3 heteroatoms. The highest BCUT2D eigenvalue weighted by molar-refractivity contribution is 4.98. The minimum Gasteiger partial charge on any atom is -0.329 e. The van der Waals surface area contributed by atoms with E-state index in [1.807, 2.05) is 0 Å². The number of nitrogens with zero attached hydrogens (tertiary/aromatic N) is 2. The standard InChI is InChI=1S/C14H29N3/c1-3-16-9-5-7-14(12-15,8-11-16)17-10-4-6-13(17)2/h13H,3-12,15H2,1-2H3. The van der Waals surface area contributed by atoms with Crippen LogP contribution in [0.1, 0.15) is 46.0 Å². The van der Waals surface area contributed by atoms with Crippen LogP contribution in [-0.4, -0.2) is 54.1 Å². The molecule has 17 heavy (non-hydrogen) atoms. The Balaban J connectivity index is 2.07. The summed E-state index contributed by atoms with van der Waals surface area (Å²) in [6.45, 7) is 10.5. The van der Waals surface area contributed by atoms with Gasteiger partial charge in [0.2, 0.25) is 0 Å². The number of hydrogen-bond acceptors (Lipinski definition) is 3. The van der Waals surface area contributed by atoms with Crippen molar-refractivity contribution in [2.24, 2.45) is 5.73 Å². The molecular weight excluding hydrogens is 210 g/mol. The summed E-state index contributed by atoms with van der Waals surface area (Å²) in [6, 6.07) is 0.742. The minimum atomic E-state index is 0.305. The first-order chi connectivity index (χ1) is 8.22. The van der Waals surface area contributed by atoms with E-state index < -0.39 is 0 Å². The summed E-state index contributed by atoms with van der Waals surface area (Å²) < 4.78 is 0. The Kier molecular flexibility index (Phi) is 4.45. The molecule has 2 heterocycles. The summed E-state index contributed by atoms with van der Waals surface area (Å²) in [4.78, 5) is 5.31. The van der Waals surface area contributed by atoms with Crippen LogP contribution >= 0.6 is 0 Å². The number of nitrogens with two attached hydrogens (primary N) is 1. The summed E-state index contributed by atoms with van der Waals surface area (Å²) in [6.07, 6.45) is 6.60. The average Bonchev–Trinajstić information content (AvgIpc) is 2.67. The molecule has 0 aromatic rings. The maximum absolute atomic E-state index is 6.18. The van der Waals surface area contributed by atoms with Gasteiger partial charge < -0.3 is 10.6 Å². The van der Waals surface area contributed by atoms with Crippen molar-refractivity contribution in [2.45, 2.75) is 57.5 Å². The lowest BCUT2D eigenvalue weighted by atomic mass is 9.88. The van der Waals surface area contributed by atoms with Crippen molar-refractivity contribution in [3.63, 3.8) is 0 Å². The quantitative estimate of drug-likeness (QED) is 0.813. The third-order valence-corrected chi connectivity index (χ3v) is 5.00. The lowest BCUT2D eigenvalue weighted by Gasteiger charge is -2.43. The summed E-state index contributed by atoms with van der Waals surface area (Å²) >= 11 is 0. The zero-order valence-corrected chi connectivity index (χ0v) is 11.6. The summed E-state index contributed by atoms with van der Waals surface area (Å²) in [5.74, 6) is 0. The second kappa shape index (κ2) is 5.68. The van der Waals surface area contributed by atoms with Crippen LogP contribution in [-0.2, 0) is 0 Å². The van der Waals surface area contributed by atoms with Crippen LogP contribution in [0.4, 0.5) is 0 Å². The normalized spacial score (nSPS) is 37.2. The highest BCUT2D eigenvalue weighted by Crippen LogP contribution is 2.34. The zero-order valence-electron chi connectivity index (χ0n) is 11.6. The van der Waals surface area contributed by atoms with Gasteiger partial charge in [0.05, 0.1) is 0 Å². The van der Waals surface area contributed by atoms with Gasteiger partial charge >= 0.3 is 0 Å². The highest BCUT2D eigenvalue weighted by Gasteiger charge is 2.40. The Bertz CT molecular complexity index is 244. The minimum absolute atomic E-state index is 0.305. The molecular formula is C14H29N3. The molecule has 0 radical (unpaired) electrons. The fraction of sp³-hybridized carbons (Fsp3) is 1.00. The topological polar surface area (TPSA) is 32.5 Å². The molecule has 2 atom stereocenters. The van der Waals surface area contributed by atoms with Gasteiger partial charge in [-0.15, -0.1) is 0 Å². The maximum atomic E-state index is 6.18. The molecule has 0 aromatic carbocycles. The first-order valence-electron chi connectivity index (χ1n) is 7.41. The summed E-state index contributed by atoms with van der Waals surface area (Å²) in [5, 5.41) is 0. The van der Waals surface area contributed by atoms with Gasteiger partial charge in [0.15, 0.2) is 0 Å². The fourth-order valence-corrected chi connectivity index (χ4v) is 3.80. The molecule has 2 saturated heterocycles. The lowest BCUT2D eigenvalue weighted by molar-refractivity contribution is 0.0719. The van der Waals surface area contributed by atoms with Gasteiger partial charge in [-0.25, -0.2) is 0 Å². The van der Waals surface area contributed by atoms with E-state index in [-0.39, 0.29) is 0 Å². The van der Waals surface area contributed by atoms with Gasteiger partial charge in [-0.05, 0) is 65.2 Å². The van der Waals surface area contributed by atoms with E-state index in [1.54, 1.807) is 0 Å². The van der Waals surface area contributed by atoms with Crippen molar-refractivity contribution < 1.29 is 0 Å². The van der Waals surface area contributed by atoms with Gasteiger partial charge in [-0.1, -0.05) is 6.92 Å². The highest BCUT2D eigenvalue weighted by atomic mass is 15.3. The van der Waals surface area contributed by atoms with Crippen LogP contribution in [0, 0.1) is 0 Å². The molecule has 100 valence electrons. The molecule has 2 unspecified atom stereocenters. The molecule has 2 fully saturated rings. The third kappa shape index (κ3) is 2.67. The van der Waals surface area contributed by atoms with E-state index >= 15 is 0 Å². The van der Waals surface area contributed by atoms with Crippen molar-refractivity contribution in [3.8, 4) is 0 Å². The van der Waals surface area contributed by atoms with E-state index in [0.29, 0.717) is 5.54 Å². The second-order valence-corrected chi connectivity index (χ2v) is 5.90. The summed E-state index contributed by atoms with van der Waals surface area (Å²) in [7, 11) is 0. The largest absolute Gasteiger partial charge is 0.329 e. The molecule has 2 aliphatic heterocycles. The second-order valence-electron chi connectivity index (χ2n) is 5.90. The van der Waals surface area contributed by atoms with Crippen molar-refractivity contribution in [1.82, 2.24) is 9.80 Å². The average molecular weight is 239 g/mol. The Labute approximate surface area is 106 Å². The lowest BCUT2D eigenvalue weighted by Crippen LogP contribution is -2.55. The van der Waals surface area contributed by atoms with Crippen molar-refractivity contribution in [1.29, 1.82) is 0 Å². The SMILES string of the molecule is CCN1CCCC(CN)(N2CCCC2C)CC1. The van der Waals surface area contributed by atoms with Gasteiger partial charge in [0, 0.05) is 18.1 Å². The van der Waals surface area contributed by atoms with E-state index in [2.05, 4.69) is 23.6 Å². The molecule has 2 N–H and O–H groups in total. The molecule has 0 amide bonds. The van der Waals surface area contributed by atoms with Gasteiger partial charge in [-0.3, -0.25) is 4.90 Å². The molecule has 0 spiro atoms. The molecule has 0 bridgehead atoms. The first-order valence-corrected chi connectivity index (χ1v) is 7.41. The van der Waals surface area contributed by atoms with Crippen LogP contribution in [0.3, 0.4) is 0 Å². The predicted octanol–water partition coefficient (Wildman–Crippen LogP) is 1.67. The number of rotatable bonds is 3. The Morgan fingerprint density at radius 3 is 2.59 bits per heavy atom. The van der Waals surface area contributed by atoms with Gasteiger partial charge in [-0.2, -0.15) is 0 Å². The van der Waals surface area contributed by atoms with Crippen LogP contribution in [0.25, 0.3) is 0 Å². The van der Waals surface area contributed by atoms with Gasteiger partial charge in [0.25, 0.3) is 0 Å². The molecule has 0 aliphatic carbocycles. The van der Waals surface area contributed by atoms with E-state index in [9.17, 15) is 0 Å². The van der Waals surface area contributed by atoms with Gasteiger partial charge in [0.1, 0.15) is 0 Å².